The summed E-state index contributed by atoms with van der Waals surface area (Å²) >= 11 is 5.94. The zero-order valence-electron chi connectivity index (χ0n) is 16.7. The minimum atomic E-state index is -0.594. The number of carbonyl (C=O) groups excluding carboxylic acids is 2. The second kappa shape index (κ2) is 10.1. The van der Waals surface area contributed by atoms with Crippen LogP contribution in [-0.2, 0) is 22.7 Å². The summed E-state index contributed by atoms with van der Waals surface area (Å²) in [7, 11) is 1.61. The molecule has 0 fully saturated rings. The fourth-order valence-corrected chi connectivity index (χ4v) is 2.87. The van der Waals surface area contributed by atoms with E-state index in [1.165, 1.54) is 0 Å². The van der Waals surface area contributed by atoms with Gasteiger partial charge in [0.1, 0.15) is 11.8 Å². The van der Waals surface area contributed by atoms with Crippen molar-refractivity contribution in [1.82, 2.24) is 10.2 Å². The van der Waals surface area contributed by atoms with Gasteiger partial charge in [-0.05, 0) is 42.3 Å². The van der Waals surface area contributed by atoms with E-state index >= 15 is 0 Å². The molecule has 2 rings (SSSR count). The lowest BCUT2D eigenvalue weighted by atomic mass is 10.1. The van der Waals surface area contributed by atoms with E-state index in [1.807, 2.05) is 50.2 Å². The Morgan fingerprint density at radius 2 is 1.57 bits per heavy atom. The van der Waals surface area contributed by atoms with Gasteiger partial charge < -0.3 is 15.0 Å². The fourth-order valence-electron chi connectivity index (χ4n) is 2.75. The van der Waals surface area contributed by atoms with E-state index in [0.29, 0.717) is 18.1 Å². The van der Waals surface area contributed by atoms with Gasteiger partial charge in [-0.3, -0.25) is 9.59 Å². The summed E-state index contributed by atoms with van der Waals surface area (Å²) in [5, 5.41) is 3.55. The Balaban J connectivity index is 2.06. The van der Waals surface area contributed by atoms with Gasteiger partial charge in [-0.2, -0.15) is 0 Å². The van der Waals surface area contributed by atoms with Crippen molar-refractivity contribution in [3.8, 4) is 5.75 Å². The summed E-state index contributed by atoms with van der Waals surface area (Å²) < 4.78 is 5.14. The molecule has 0 heterocycles. The molecule has 0 aromatic heterocycles. The minimum absolute atomic E-state index is 0.0675. The quantitative estimate of drug-likeness (QED) is 0.725. The van der Waals surface area contributed by atoms with E-state index in [0.717, 1.165) is 16.9 Å². The number of hydrogen-bond donors (Lipinski definition) is 1. The first-order valence-electron chi connectivity index (χ1n) is 9.27. The van der Waals surface area contributed by atoms with Gasteiger partial charge in [0.15, 0.2) is 0 Å². The average molecular weight is 403 g/mol. The van der Waals surface area contributed by atoms with Crippen LogP contribution in [0.15, 0.2) is 48.5 Å². The first kappa shape index (κ1) is 21.8. The van der Waals surface area contributed by atoms with Gasteiger partial charge in [0, 0.05) is 24.0 Å². The highest BCUT2D eigenvalue weighted by atomic mass is 35.5. The van der Waals surface area contributed by atoms with Crippen LogP contribution in [-0.4, -0.2) is 29.9 Å². The molecule has 5 nitrogen and oxygen atoms in total. The summed E-state index contributed by atoms with van der Waals surface area (Å²) in [6, 6.07) is 14.2. The Morgan fingerprint density at radius 3 is 2.11 bits per heavy atom. The fraction of sp³-hybridized carbons (Fsp3) is 0.364. The molecule has 1 atom stereocenters. The second-order valence-electron chi connectivity index (χ2n) is 6.99. The van der Waals surface area contributed by atoms with Crippen LogP contribution in [0.4, 0.5) is 0 Å². The molecule has 0 saturated heterocycles. The number of benzene rings is 2. The maximum atomic E-state index is 12.7. The van der Waals surface area contributed by atoms with Crippen LogP contribution >= 0.6 is 11.6 Å². The Bertz CT molecular complexity index is 788. The first-order chi connectivity index (χ1) is 13.3. The standard InChI is InChI=1S/C22H27ClN2O3/c1-15(2)22(27)25(14-18-5-9-19(23)10-6-18)16(3)21(26)24-13-17-7-11-20(28-4)12-8-17/h5-12,15-16H,13-14H2,1-4H3,(H,24,26)/t16-/m1/s1. The Hall–Kier alpha value is -2.53. The van der Waals surface area contributed by atoms with Gasteiger partial charge in [0.25, 0.3) is 0 Å². The SMILES string of the molecule is COc1ccc(CNC(=O)[C@@H](C)N(Cc2ccc(Cl)cc2)C(=O)C(C)C)cc1. The number of methoxy groups -OCH3 is 1. The minimum Gasteiger partial charge on any atom is -0.497 e. The van der Waals surface area contributed by atoms with Crippen LogP contribution in [0.1, 0.15) is 31.9 Å². The number of nitrogens with one attached hydrogen (secondary N) is 1. The smallest absolute Gasteiger partial charge is 0.242 e. The molecule has 0 saturated carbocycles. The van der Waals surface area contributed by atoms with Gasteiger partial charge in [-0.25, -0.2) is 0 Å². The number of hydrogen-bond acceptors (Lipinski definition) is 3. The van der Waals surface area contributed by atoms with E-state index in [-0.39, 0.29) is 17.7 Å². The molecule has 150 valence electrons. The number of carbonyl (C=O) groups is 2. The maximum absolute atomic E-state index is 12.7. The monoisotopic (exact) mass is 402 g/mol. The molecule has 28 heavy (non-hydrogen) atoms. The van der Waals surface area contributed by atoms with E-state index in [2.05, 4.69) is 5.32 Å². The van der Waals surface area contributed by atoms with Crippen molar-refractivity contribution in [2.24, 2.45) is 5.92 Å². The predicted molar refractivity (Wildman–Crippen MR) is 111 cm³/mol. The lowest BCUT2D eigenvalue weighted by molar-refractivity contribution is -0.143. The zero-order chi connectivity index (χ0) is 20.7. The number of nitrogens with zero attached hydrogens (tertiary/aromatic N) is 1. The largest absolute Gasteiger partial charge is 0.497 e. The number of halogens is 1. The van der Waals surface area contributed by atoms with Crippen molar-refractivity contribution >= 4 is 23.4 Å². The lowest BCUT2D eigenvalue weighted by Gasteiger charge is -2.30. The lowest BCUT2D eigenvalue weighted by Crippen LogP contribution is -2.48. The first-order valence-corrected chi connectivity index (χ1v) is 9.65. The van der Waals surface area contributed by atoms with Gasteiger partial charge in [0.05, 0.1) is 7.11 Å². The molecule has 0 aliphatic carbocycles. The van der Waals surface area contributed by atoms with Crippen molar-refractivity contribution in [2.45, 2.75) is 39.9 Å². The van der Waals surface area contributed by atoms with Crippen molar-refractivity contribution in [3.63, 3.8) is 0 Å². The van der Waals surface area contributed by atoms with E-state index in [9.17, 15) is 9.59 Å². The van der Waals surface area contributed by atoms with E-state index < -0.39 is 6.04 Å². The van der Waals surface area contributed by atoms with Crippen LogP contribution in [0, 0.1) is 5.92 Å². The molecule has 2 aromatic carbocycles. The van der Waals surface area contributed by atoms with Crippen LogP contribution in [0.2, 0.25) is 5.02 Å². The Labute approximate surface area is 171 Å². The Morgan fingerprint density at radius 1 is 1.00 bits per heavy atom. The van der Waals surface area contributed by atoms with Crippen LogP contribution in [0.3, 0.4) is 0 Å². The van der Waals surface area contributed by atoms with Crippen molar-refractivity contribution in [1.29, 1.82) is 0 Å². The Kier molecular flexibility index (Phi) is 7.88. The number of amides is 2. The van der Waals surface area contributed by atoms with Gasteiger partial charge in [-0.1, -0.05) is 49.7 Å². The topological polar surface area (TPSA) is 58.6 Å². The molecule has 0 aliphatic heterocycles. The molecule has 0 bridgehead atoms. The normalized spacial score (nSPS) is 11.8. The summed E-state index contributed by atoms with van der Waals surface area (Å²) in [4.78, 5) is 27.0. The molecule has 2 amide bonds. The molecular formula is C22H27ClN2O3. The highest BCUT2D eigenvalue weighted by molar-refractivity contribution is 6.30. The molecule has 0 aliphatic rings. The second-order valence-corrected chi connectivity index (χ2v) is 7.43. The third kappa shape index (κ3) is 5.99. The number of ether oxygens (including phenoxy) is 1. The van der Waals surface area contributed by atoms with Crippen LogP contribution in [0.25, 0.3) is 0 Å². The summed E-state index contributed by atoms with van der Waals surface area (Å²) in [6.45, 7) is 6.15. The summed E-state index contributed by atoms with van der Waals surface area (Å²) in [5.41, 5.74) is 1.88. The molecule has 0 unspecified atom stereocenters. The summed E-state index contributed by atoms with van der Waals surface area (Å²) in [5.74, 6) is 0.296. The maximum Gasteiger partial charge on any atom is 0.242 e. The third-order valence-electron chi connectivity index (χ3n) is 4.52. The van der Waals surface area contributed by atoms with E-state index in [1.54, 1.807) is 31.1 Å². The zero-order valence-corrected chi connectivity index (χ0v) is 17.5. The van der Waals surface area contributed by atoms with Gasteiger partial charge in [-0.15, -0.1) is 0 Å². The predicted octanol–water partition coefficient (Wildman–Crippen LogP) is 4.04. The number of rotatable bonds is 8. The molecule has 2 aromatic rings. The molecule has 0 spiro atoms. The van der Waals surface area contributed by atoms with Crippen LogP contribution in [0.5, 0.6) is 5.75 Å². The summed E-state index contributed by atoms with van der Waals surface area (Å²) in [6.07, 6.45) is 0. The highest BCUT2D eigenvalue weighted by Gasteiger charge is 2.27. The van der Waals surface area contributed by atoms with Crippen molar-refractivity contribution in [2.75, 3.05) is 7.11 Å². The van der Waals surface area contributed by atoms with E-state index in [4.69, 9.17) is 16.3 Å². The highest BCUT2D eigenvalue weighted by Crippen LogP contribution is 2.16. The molecule has 6 heteroatoms. The van der Waals surface area contributed by atoms with Crippen LogP contribution < -0.4 is 10.1 Å². The van der Waals surface area contributed by atoms with Crippen molar-refractivity contribution < 1.29 is 14.3 Å². The third-order valence-corrected chi connectivity index (χ3v) is 4.77. The molecule has 0 radical (unpaired) electrons. The van der Waals surface area contributed by atoms with Crippen molar-refractivity contribution in [3.05, 3.63) is 64.7 Å². The average Bonchev–Trinajstić information content (AvgIpc) is 2.70. The van der Waals surface area contributed by atoms with Gasteiger partial charge in [0.2, 0.25) is 11.8 Å². The molecular weight excluding hydrogens is 376 g/mol. The van der Waals surface area contributed by atoms with Gasteiger partial charge >= 0.3 is 0 Å². The molecule has 1 N–H and O–H groups in total.